The quantitative estimate of drug-likeness (QED) is 0.639. The molecule has 0 aliphatic carbocycles. The van der Waals surface area contributed by atoms with Crippen molar-refractivity contribution < 1.29 is 28.0 Å². The molecule has 1 heterocycles. The minimum absolute atomic E-state index is 0.0231. The fourth-order valence-electron chi connectivity index (χ4n) is 2.17. The Morgan fingerprint density at radius 1 is 1.48 bits per heavy atom. The number of benzene rings is 1. The lowest BCUT2D eigenvalue weighted by Crippen LogP contribution is -2.60. The molecule has 1 aliphatic rings. The number of halogens is 3. The zero-order valence-corrected chi connectivity index (χ0v) is 11.8. The molecule has 0 saturated carbocycles. The molecule has 1 aromatic rings. The third-order valence-electron chi connectivity index (χ3n) is 3.40. The van der Waals surface area contributed by atoms with E-state index in [1.165, 1.54) is 25.1 Å². The zero-order chi connectivity index (χ0) is 17.4. The van der Waals surface area contributed by atoms with Crippen molar-refractivity contribution in [3.05, 3.63) is 51.7 Å². The highest BCUT2D eigenvalue weighted by atomic mass is 19.4. The third kappa shape index (κ3) is 2.72. The number of nitro benzene ring substituents is 1. The van der Waals surface area contributed by atoms with Gasteiger partial charge < -0.3 is 5.11 Å². The number of amides is 1. The van der Waals surface area contributed by atoms with Gasteiger partial charge in [0, 0.05) is 18.2 Å². The van der Waals surface area contributed by atoms with Gasteiger partial charge in [-0.2, -0.15) is 13.2 Å². The first-order chi connectivity index (χ1) is 10.6. The highest BCUT2D eigenvalue weighted by Gasteiger charge is 2.63. The van der Waals surface area contributed by atoms with E-state index in [0.717, 1.165) is 12.1 Å². The first-order valence-corrected chi connectivity index (χ1v) is 6.40. The summed E-state index contributed by atoms with van der Waals surface area (Å²) in [4.78, 5) is 22.4. The molecule has 0 spiro atoms. The van der Waals surface area contributed by atoms with Gasteiger partial charge in [-0.1, -0.05) is 18.2 Å². The van der Waals surface area contributed by atoms with Gasteiger partial charge in [0.05, 0.1) is 4.92 Å². The van der Waals surface area contributed by atoms with E-state index in [1.54, 1.807) is 0 Å². The molecule has 1 aliphatic heterocycles. The van der Waals surface area contributed by atoms with E-state index < -0.39 is 40.4 Å². The van der Waals surface area contributed by atoms with E-state index in [1.807, 2.05) is 0 Å². The highest BCUT2D eigenvalue weighted by molar-refractivity contribution is 5.98. The topological polar surface area (TPSA) is 95.7 Å². The maximum Gasteiger partial charge on any atom is 0.438 e. The Morgan fingerprint density at radius 3 is 2.61 bits per heavy atom. The Kier molecular flexibility index (Phi) is 4.03. The van der Waals surface area contributed by atoms with Crippen LogP contribution in [0.2, 0.25) is 0 Å². The molecule has 0 radical (unpaired) electrons. The fourth-order valence-corrected chi connectivity index (χ4v) is 2.17. The molecule has 1 unspecified atom stereocenters. The maximum absolute atomic E-state index is 13.2. The number of aliphatic hydroxyl groups is 1. The van der Waals surface area contributed by atoms with Crippen molar-refractivity contribution in [2.75, 3.05) is 0 Å². The van der Waals surface area contributed by atoms with Gasteiger partial charge in [-0.3, -0.25) is 20.3 Å². The van der Waals surface area contributed by atoms with Gasteiger partial charge in [-0.25, -0.2) is 5.01 Å². The molecule has 1 amide bonds. The van der Waals surface area contributed by atoms with Crippen LogP contribution in [-0.4, -0.2) is 32.8 Å². The number of hydrazine groups is 1. The summed E-state index contributed by atoms with van der Waals surface area (Å²) in [6.45, 7) is 1.43. The van der Waals surface area contributed by atoms with Crippen molar-refractivity contribution in [1.82, 2.24) is 10.4 Å². The van der Waals surface area contributed by atoms with Crippen molar-refractivity contribution in [3.8, 4) is 0 Å². The molecule has 1 aromatic carbocycles. The van der Waals surface area contributed by atoms with E-state index in [9.17, 15) is 33.2 Å². The van der Waals surface area contributed by atoms with E-state index in [-0.39, 0.29) is 10.7 Å². The smallest absolute Gasteiger partial charge is 0.362 e. The lowest BCUT2D eigenvalue weighted by molar-refractivity contribution is -0.385. The third-order valence-corrected chi connectivity index (χ3v) is 3.40. The normalized spacial score (nSPS) is 23.0. The summed E-state index contributed by atoms with van der Waals surface area (Å²) in [5, 5.41) is 20.9. The number of nitrogens with zero attached hydrogens (tertiary/aromatic N) is 2. The van der Waals surface area contributed by atoms with Gasteiger partial charge in [-0.05, 0) is 13.0 Å². The number of nitrogens with one attached hydrogen (secondary N) is 1. The van der Waals surface area contributed by atoms with Crippen LogP contribution in [0, 0.1) is 10.1 Å². The number of hydrogen-bond acceptors (Lipinski definition) is 5. The summed E-state index contributed by atoms with van der Waals surface area (Å²) < 4.78 is 39.6. The lowest BCUT2D eigenvalue weighted by atomic mass is 10.1. The monoisotopic (exact) mass is 331 g/mol. The van der Waals surface area contributed by atoms with Crippen LogP contribution < -0.4 is 5.43 Å². The maximum atomic E-state index is 13.2. The Bertz CT molecular complexity index is 689. The minimum atomic E-state index is -5.15. The molecule has 0 aromatic heterocycles. The average Bonchev–Trinajstić information content (AvgIpc) is 2.84. The predicted octanol–water partition coefficient (Wildman–Crippen LogP) is 2.10. The second-order valence-electron chi connectivity index (χ2n) is 4.83. The molecule has 0 bridgehead atoms. The van der Waals surface area contributed by atoms with Crippen LogP contribution >= 0.6 is 0 Å². The summed E-state index contributed by atoms with van der Waals surface area (Å²) in [6.07, 6.45) is -4.77. The van der Waals surface area contributed by atoms with E-state index in [4.69, 9.17) is 0 Å². The minimum Gasteiger partial charge on any atom is -0.362 e. The number of para-hydroxylation sites is 1. The number of hydrogen-bond donors (Lipinski definition) is 2. The molecule has 2 rings (SSSR count). The van der Waals surface area contributed by atoms with Crippen molar-refractivity contribution >= 4 is 11.6 Å². The molecular weight excluding hydrogens is 319 g/mol. The molecule has 1 fully saturated rings. The van der Waals surface area contributed by atoms with Gasteiger partial charge >= 0.3 is 6.18 Å². The first-order valence-electron chi connectivity index (χ1n) is 6.40. The number of carbonyl (C=O) groups excluding carboxylic acids is 1. The number of nitro groups is 1. The average molecular weight is 331 g/mol. The van der Waals surface area contributed by atoms with Crippen molar-refractivity contribution in [3.63, 3.8) is 0 Å². The number of rotatable bonds is 2. The SMILES string of the molecule is CC=C1CC(O)(C(F)(F)F)N(C(=O)c2ccccc2[N+](=O)[O-])N1. The lowest BCUT2D eigenvalue weighted by Gasteiger charge is -2.33. The summed E-state index contributed by atoms with van der Waals surface area (Å²) in [6, 6.07) is 4.57. The molecule has 10 heteroatoms. The number of alkyl halides is 3. The largest absolute Gasteiger partial charge is 0.438 e. The van der Waals surface area contributed by atoms with Crippen molar-refractivity contribution in [2.24, 2.45) is 0 Å². The van der Waals surface area contributed by atoms with Crippen LogP contribution in [0.1, 0.15) is 23.7 Å². The standard InChI is InChI=1S/C13H12F3N3O4/c1-2-8-7-12(21,13(14,15)16)18(17-8)11(20)9-5-3-4-6-10(9)19(22)23/h2-6,17,21H,7H2,1H3. The summed E-state index contributed by atoms with van der Waals surface area (Å²) >= 11 is 0. The highest BCUT2D eigenvalue weighted by Crippen LogP contribution is 2.42. The Labute approximate surface area is 128 Å². The Morgan fingerprint density at radius 2 is 2.09 bits per heavy atom. The predicted molar refractivity (Wildman–Crippen MR) is 71.8 cm³/mol. The summed E-state index contributed by atoms with van der Waals surface area (Å²) in [7, 11) is 0. The van der Waals surface area contributed by atoms with Gasteiger partial charge in [0.1, 0.15) is 5.56 Å². The van der Waals surface area contributed by atoms with Crippen LogP contribution in [-0.2, 0) is 0 Å². The molecule has 23 heavy (non-hydrogen) atoms. The first kappa shape index (κ1) is 16.7. The van der Waals surface area contributed by atoms with E-state index in [2.05, 4.69) is 5.43 Å². The van der Waals surface area contributed by atoms with Crippen LogP contribution in [0.25, 0.3) is 0 Å². The van der Waals surface area contributed by atoms with Crippen LogP contribution in [0.3, 0.4) is 0 Å². The van der Waals surface area contributed by atoms with Gasteiger partial charge in [-0.15, -0.1) is 0 Å². The van der Waals surface area contributed by atoms with Crippen LogP contribution in [0.15, 0.2) is 36.0 Å². The van der Waals surface area contributed by atoms with E-state index >= 15 is 0 Å². The molecule has 1 atom stereocenters. The Balaban J connectivity index is 2.51. The zero-order valence-electron chi connectivity index (χ0n) is 11.8. The Hall–Kier alpha value is -2.62. The molecule has 1 saturated heterocycles. The molecule has 7 nitrogen and oxygen atoms in total. The van der Waals surface area contributed by atoms with Gasteiger partial charge in [0.25, 0.3) is 17.3 Å². The fraction of sp³-hybridized carbons (Fsp3) is 0.308. The van der Waals surface area contributed by atoms with Gasteiger partial charge in [0.2, 0.25) is 0 Å². The van der Waals surface area contributed by atoms with E-state index in [0.29, 0.717) is 0 Å². The number of carbonyl (C=O) groups is 1. The second kappa shape index (κ2) is 5.54. The summed E-state index contributed by atoms with van der Waals surface area (Å²) in [5.74, 6) is -1.35. The van der Waals surface area contributed by atoms with Crippen molar-refractivity contribution in [2.45, 2.75) is 25.2 Å². The molecular formula is C13H12F3N3O4. The molecule has 2 N–H and O–H groups in total. The van der Waals surface area contributed by atoms with Crippen molar-refractivity contribution in [1.29, 1.82) is 0 Å². The number of allylic oxidation sites excluding steroid dienone is 1. The van der Waals surface area contributed by atoms with Gasteiger partial charge in [0.15, 0.2) is 0 Å². The molecule has 124 valence electrons. The second-order valence-corrected chi connectivity index (χ2v) is 4.83. The van der Waals surface area contributed by atoms with Crippen LogP contribution in [0.5, 0.6) is 0 Å². The summed E-state index contributed by atoms with van der Waals surface area (Å²) in [5.41, 5.74) is -2.59. The van der Waals surface area contributed by atoms with Crippen LogP contribution in [0.4, 0.5) is 18.9 Å².